The van der Waals surface area contributed by atoms with Gasteiger partial charge >= 0.3 is 0 Å². The van der Waals surface area contributed by atoms with E-state index in [1.807, 2.05) is 58.0 Å². The maximum atomic E-state index is 12.3. The molecule has 144 valence electrons. The van der Waals surface area contributed by atoms with Crippen molar-refractivity contribution in [2.45, 2.75) is 27.7 Å². The molecule has 0 saturated carbocycles. The lowest BCUT2D eigenvalue weighted by Gasteiger charge is -2.18. The molecule has 0 heterocycles. The van der Waals surface area contributed by atoms with Gasteiger partial charge in [0, 0.05) is 15.8 Å². The van der Waals surface area contributed by atoms with Crippen LogP contribution < -0.4 is 10.6 Å². The summed E-state index contributed by atoms with van der Waals surface area (Å²) in [7, 11) is 1.75. The van der Waals surface area contributed by atoms with Gasteiger partial charge in [0.05, 0.1) is 13.1 Å². The first-order valence-corrected chi connectivity index (χ1v) is 9.57. The van der Waals surface area contributed by atoms with E-state index in [1.54, 1.807) is 11.9 Å². The molecule has 27 heavy (non-hydrogen) atoms. The van der Waals surface area contributed by atoms with Gasteiger partial charge in [-0.2, -0.15) is 0 Å². The summed E-state index contributed by atoms with van der Waals surface area (Å²) in [5, 5.41) is 5.81. The van der Waals surface area contributed by atoms with Crippen molar-refractivity contribution in [2.75, 3.05) is 30.8 Å². The average molecular weight is 432 g/mol. The number of carbonyl (C=O) groups is 2. The van der Waals surface area contributed by atoms with Crippen molar-refractivity contribution < 1.29 is 9.59 Å². The van der Waals surface area contributed by atoms with E-state index in [4.69, 9.17) is 0 Å². The van der Waals surface area contributed by atoms with Crippen molar-refractivity contribution in [1.82, 2.24) is 4.90 Å². The van der Waals surface area contributed by atoms with Crippen LogP contribution in [0, 0.1) is 27.7 Å². The highest BCUT2D eigenvalue weighted by atomic mass is 79.9. The normalized spacial score (nSPS) is 10.8. The standard InChI is InChI=1S/C21H26BrN3O2/c1-13-8-15(3)21(16(4)9-13)24-20(27)12-25(5)11-19(26)23-17-6-7-18(22)14(2)10-17/h6-10H,11-12H2,1-5H3,(H,23,26)(H,24,27). The summed E-state index contributed by atoms with van der Waals surface area (Å²) < 4.78 is 0.996. The Kier molecular flexibility index (Phi) is 7.16. The average Bonchev–Trinajstić information content (AvgIpc) is 2.54. The van der Waals surface area contributed by atoms with Crippen molar-refractivity contribution in [1.29, 1.82) is 0 Å². The fraction of sp³-hybridized carbons (Fsp3) is 0.333. The van der Waals surface area contributed by atoms with Gasteiger partial charge in [-0.05, 0) is 69.6 Å². The first kappa shape index (κ1) is 21.1. The number of halogens is 1. The van der Waals surface area contributed by atoms with Gasteiger partial charge < -0.3 is 10.6 Å². The molecule has 0 aromatic heterocycles. The molecule has 0 atom stereocenters. The number of nitrogens with zero attached hydrogens (tertiary/aromatic N) is 1. The first-order chi connectivity index (χ1) is 12.7. The minimum atomic E-state index is -0.158. The molecule has 2 aromatic rings. The van der Waals surface area contributed by atoms with Crippen molar-refractivity contribution >= 4 is 39.1 Å². The molecule has 0 spiro atoms. The Morgan fingerprint density at radius 1 is 0.889 bits per heavy atom. The number of nitrogens with one attached hydrogen (secondary N) is 2. The fourth-order valence-electron chi connectivity index (χ4n) is 3.03. The van der Waals surface area contributed by atoms with Crippen molar-refractivity contribution in [3.8, 4) is 0 Å². The molecular weight excluding hydrogens is 406 g/mol. The number of likely N-dealkylation sites (N-methyl/N-ethyl adjacent to an activating group) is 1. The molecule has 2 rings (SSSR count). The summed E-state index contributed by atoms with van der Waals surface area (Å²) in [6, 6.07) is 9.72. The second kappa shape index (κ2) is 9.15. The van der Waals surface area contributed by atoms with Gasteiger partial charge in [-0.15, -0.1) is 0 Å². The zero-order valence-electron chi connectivity index (χ0n) is 16.4. The van der Waals surface area contributed by atoms with E-state index in [2.05, 4.69) is 26.6 Å². The highest BCUT2D eigenvalue weighted by molar-refractivity contribution is 9.10. The molecule has 0 aliphatic rings. The monoisotopic (exact) mass is 431 g/mol. The predicted octanol–water partition coefficient (Wildman–Crippen LogP) is 4.19. The number of aryl methyl sites for hydroxylation is 4. The van der Waals surface area contributed by atoms with Crippen LogP contribution in [0.4, 0.5) is 11.4 Å². The maximum Gasteiger partial charge on any atom is 0.238 e. The SMILES string of the molecule is Cc1cc(C)c(NC(=O)CN(C)CC(=O)Nc2ccc(Br)c(C)c2)c(C)c1. The van der Waals surface area contributed by atoms with Gasteiger partial charge in [-0.3, -0.25) is 14.5 Å². The van der Waals surface area contributed by atoms with Gasteiger partial charge in [0.15, 0.2) is 0 Å². The molecule has 0 aliphatic heterocycles. The Labute approximate surface area is 169 Å². The molecule has 6 heteroatoms. The number of amides is 2. The molecular formula is C21H26BrN3O2. The number of benzene rings is 2. The molecule has 0 bridgehead atoms. The molecule has 2 amide bonds. The van der Waals surface area contributed by atoms with Gasteiger partial charge in [0.2, 0.25) is 11.8 Å². The van der Waals surface area contributed by atoms with Crippen molar-refractivity contribution in [3.63, 3.8) is 0 Å². The Hall–Kier alpha value is -2.18. The van der Waals surface area contributed by atoms with Crippen LogP contribution >= 0.6 is 15.9 Å². The zero-order chi connectivity index (χ0) is 20.1. The number of anilines is 2. The summed E-state index contributed by atoms with van der Waals surface area (Å²) in [4.78, 5) is 26.2. The van der Waals surface area contributed by atoms with Crippen LogP contribution in [0.25, 0.3) is 0 Å². The highest BCUT2D eigenvalue weighted by Crippen LogP contribution is 2.22. The molecule has 0 aliphatic carbocycles. The largest absolute Gasteiger partial charge is 0.325 e. The maximum absolute atomic E-state index is 12.3. The van der Waals surface area contributed by atoms with E-state index in [1.165, 1.54) is 5.56 Å². The van der Waals surface area contributed by atoms with Gasteiger partial charge in [0.1, 0.15) is 0 Å². The lowest BCUT2D eigenvalue weighted by Crippen LogP contribution is -2.36. The van der Waals surface area contributed by atoms with Gasteiger partial charge in [-0.1, -0.05) is 33.6 Å². The van der Waals surface area contributed by atoms with Gasteiger partial charge in [-0.25, -0.2) is 0 Å². The van der Waals surface area contributed by atoms with Crippen LogP contribution in [-0.4, -0.2) is 36.9 Å². The Bertz CT molecular complexity index is 841. The summed E-state index contributed by atoms with van der Waals surface area (Å²) in [5.74, 6) is -0.297. The third kappa shape index (κ3) is 6.19. The Morgan fingerprint density at radius 3 is 2.00 bits per heavy atom. The minimum absolute atomic E-state index is 0.133. The smallest absolute Gasteiger partial charge is 0.238 e. The van der Waals surface area contributed by atoms with E-state index in [9.17, 15) is 9.59 Å². The molecule has 0 unspecified atom stereocenters. The molecule has 0 fully saturated rings. The number of hydrogen-bond acceptors (Lipinski definition) is 3. The third-order valence-electron chi connectivity index (χ3n) is 4.21. The summed E-state index contributed by atoms with van der Waals surface area (Å²) in [6.07, 6.45) is 0. The fourth-order valence-corrected chi connectivity index (χ4v) is 3.27. The van der Waals surface area contributed by atoms with Crippen LogP contribution in [0.1, 0.15) is 22.3 Å². The number of hydrogen-bond donors (Lipinski definition) is 2. The quantitative estimate of drug-likeness (QED) is 0.720. The van der Waals surface area contributed by atoms with E-state index < -0.39 is 0 Å². The minimum Gasteiger partial charge on any atom is -0.325 e. The molecule has 0 radical (unpaired) electrons. The molecule has 2 aromatic carbocycles. The molecule has 0 saturated heterocycles. The Morgan fingerprint density at radius 2 is 1.44 bits per heavy atom. The lowest BCUT2D eigenvalue weighted by molar-refractivity contribution is -0.119. The second-order valence-corrected chi connectivity index (χ2v) is 7.86. The van der Waals surface area contributed by atoms with Crippen LogP contribution in [-0.2, 0) is 9.59 Å². The summed E-state index contributed by atoms with van der Waals surface area (Å²) in [5.41, 5.74) is 5.86. The highest BCUT2D eigenvalue weighted by Gasteiger charge is 2.13. The lowest BCUT2D eigenvalue weighted by atomic mass is 10.1. The van der Waals surface area contributed by atoms with E-state index in [0.717, 1.165) is 32.5 Å². The van der Waals surface area contributed by atoms with Crippen LogP contribution in [0.5, 0.6) is 0 Å². The van der Waals surface area contributed by atoms with E-state index in [-0.39, 0.29) is 24.9 Å². The zero-order valence-corrected chi connectivity index (χ0v) is 18.0. The van der Waals surface area contributed by atoms with Gasteiger partial charge in [0.25, 0.3) is 0 Å². The second-order valence-electron chi connectivity index (χ2n) is 7.01. The van der Waals surface area contributed by atoms with Crippen molar-refractivity contribution in [3.05, 3.63) is 57.1 Å². The van der Waals surface area contributed by atoms with Crippen LogP contribution in [0.3, 0.4) is 0 Å². The van der Waals surface area contributed by atoms with Crippen LogP contribution in [0.2, 0.25) is 0 Å². The summed E-state index contributed by atoms with van der Waals surface area (Å²) >= 11 is 3.44. The van der Waals surface area contributed by atoms with Crippen LogP contribution in [0.15, 0.2) is 34.8 Å². The Balaban J connectivity index is 1.89. The van der Waals surface area contributed by atoms with E-state index in [0.29, 0.717) is 0 Å². The first-order valence-electron chi connectivity index (χ1n) is 8.78. The number of carbonyl (C=O) groups excluding carboxylic acids is 2. The van der Waals surface area contributed by atoms with Crippen molar-refractivity contribution in [2.24, 2.45) is 0 Å². The summed E-state index contributed by atoms with van der Waals surface area (Å²) in [6.45, 7) is 8.23. The molecule has 2 N–H and O–H groups in total. The van der Waals surface area contributed by atoms with E-state index >= 15 is 0 Å². The number of rotatable bonds is 6. The third-order valence-corrected chi connectivity index (χ3v) is 5.10. The topological polar surface area (TPSA) is 61.4 Å². The molecule has 5 nitrogen and oxygen atoms in total. The predicted molar refractivity (Wildman–Crippen MR) is 114 cm³/mol.